The summed E-state index contributed by atoms with van der Waals surface area (Å²) in [4.78, 5) is 19.2. The molecule has 0 spiro atoms. The SMILES string of the molecule is C[C@@H]1CN(C)CCN1CC1CCN(C(=O)NC(C)(C)C)CC1. The lowest BCUT2D eigenvalue weighted by Crippen LogP contribution is -2.54. The van der Waals surface area contributed by atoms with E-state index < -0.39 is 0 Å². The zero-order valence-corrected chi connectivity index (χ0v) is 15.1. The highest BCUT2D eigenvalue weighted by Crippen LogP contribution is 2.21. The quantitative estimate of drug-likeness (QED) is 0.846. The molecule has 1 N–H and O–H groups in total. The molecule has 1 atom stereocenters. The van der Waals surface area contributed by atoms with Crippen LogP contribution in [-0.2, 0) is 0 Å². The predicted octanol–water partition coefficient (Wildman–Crippen LogP) is 1.84. The Morgan fingerprint density at radius 2 is 1.77 bits per heavy atom. The molecule has 0 radical (unpaired) electrons. The van der Waals surface area contributed by atoms with E-state index in [9.17, 15) is 4.79 Å². The smallest absolute Gasteiger partial charge is 0.317 e. The average molecular weight is 310 g/mol. The number of rotatable bonds is 2. The van der Waals surface area contributed by atoms with Crippen LogP contribution in [0.2, 0.25) is 0 Å². The predicted molar refractivity (Wildman–Crippen MR) is 91.1 cm³/mol. The van der Waals surface area contributed by atoms with Gasteiger partial charge in [0.25, 0.3) is 0 Å². The maximum Gasteiger partial charge on any atom is 0.317 e. The Morgan fingerprint density at radius 1 is 1.14 bits per heavy atom. The molecule has 0 bridgehead atoms. The molecule has 0 saturated carbocycles. The van der Waals surface area contributed by atoms with Crippen LogP contribution >= 0.6 is 0 Å². The van der Waals surface area contributed by atoms with E-state index in [1.54, 1.807) is 0 Å². The van der Waals surface area contributed by atoms with Crippen LogP contribution in [0.4, 0.5) is 4.79 Å². The lowest BCUT2D eigenvalue weighted by atomic mass is 9.95. The molecule has 2 rings (SSSR count). The number of carbonyl (C=O) groups excluding carboxylic acids is 1. The van der Waals surface area contributed by atoms with Crippen molar-refractivity contribution in [2.75, 3.05) is 46.3 Å². The highest BCUT2D eigenvalue weighted by atomic mass is 16.2. The first-order valence-electron chi connectivity index (χ1n) is 8.74. The molecule has 5 heteroatoms. The number of nitrogens with zero attached hydrogens (tertiary/aromatic N) is 3. The fourth-order valence-corrected chi connectivity index (χ4v) is 3.50. The number of carbonyl (C=O) groups is 1. The van der Waals surface area contributed by atoms with Gasteiger partial charge in [0.1, 0.15) is 0 Å². The Bertz CT molecular complexity index is 371. The van der Waals surface area contributed by atoms with Gasteiger partial charge in [0.05, 0.1) is 0 Å². The second-order valence-electron chi connectivity index (χ2n) is 8.22. The number of hydrogen-bond donors (Lipinski definition) is 1. The van der Waals surface area contributed by atoms with E-state index in [1.807, 2.05) is 25.7 Å². The zero-order chi connectivity index (χ0) is 16.3. The Morgan fingerprint density at radius 3 is 2.32 bits per heavy atom. The molecule has 2 fully saturated rings. The van der Waals surface area contributed by atoms with Gasteiger partial charge in [0, 0.05) is 50.8 Å². The van der Waals surface area contributed by atoms with Crippen LogP contribution in [0.25, 0.3) is 0 Å². The van der Waals surface area contributed by atoms with E-state index in [4.69, 9.17) is 0 Å². The first-order valence-corrected chi connectivity index (χ1v) is 8.74. The average Bonchev–Trinajstić information content (AvgIpc) is 2.41. The Labute approximate surface area is 136 Å². The van der Waals surface area contributed by atoms with Gasteiger partial charge in [-0.05, 0) is 53.5 Å². The van der Waals surface area contributed by atoms with Crippen molar-refractivity contribution in [2.24, 2.45) is 5.92 Å². The van der Waals surface area contributed by atoms with Crippen LogP contribution in [0.5, 0.6) is 0 Å². The van der Waals surface area contributed by atoms with Crippen molar-refractivity contribution < 1.29 is 4.79 Å². The lowest BCUT2D eigenvalue weighted by Gasteiger charge is -2.41. The summed E-state index contributed by atoms with van der Waals surface area (Å²) >= 11 is 0. The third-order valence-corrected chi connectivity index (χ3v) is 4.84. The monoisotopic (exact) mass is 310 g/mol. The van der Waals surface area contributed by atoms with Crippen molar-refractivity contribution in [3.63, 3.8) is 0 Å². The molecule has 0 aromatic carbocycles. The third-order valence-electron chi connectivity index (χ3n) is 4.84. The number of piperidine rings is 1. The van der Waals surface area contributed by atoms with Crippen molar-refractivity contribution in [3.05, 3.63) is 0 Å². The Kier molecular flexibility index (Phi) is 5.72. The van der Waals surface area contributed by atoms with Crippen LogP contribution in [0, 0.1) is 5.92 Å². The van der Waals surface area contributed by atoms with Crippen molar-refractivity contribution >= 4 is 6.03 Å². The second-order valence-corrected chi connectivity index (χ2v) is 8.22. The van der Waals surface area contributed by atoms with Gasteiger partial charge in [-0.2, -0.15) is 0 Å². The zero-order valence-electron chi connectivity index (χ0n) is 15.1. The lowest BCUT2D eigenvalue weighted by molar-refractivity contribution is 0.0708. The first kappa shape index (κ1) is 17.5. The maximum absolute atomic E-state index is 12.2. The maximum atomic E-state index is 12.2. The van der Waals surface area contributed by atoms with E-state index in [-0.39, 0.29) is 11.6 Å². The summed E-state index contributed by atoms with van der Waals surface area (Å²) in [6.07, 6.45) is 2.27. The topological polar surface area (TPSA) is 38.8 Å². The van der Waals surface area contributed by atoms with Gasteiger partial charge in [-0.3, -0.25) is 4.90 Å². The molecule has 2 saturated heterocycles. The molecule has 2 amide bonds. The molecule has 2 heterocycles. The highest BCUT2D eigenvalue weighted by molar-refractivity contribution is 5.75. The molecule has 22 heavy (non-hydrogen) atoms. The van der Waals surface area contributed by atoms with Crippen LogP contribution in [0.15, 0.2) is 0 Å². The molecule has 2 aliphatic rings. The normalized spacial score (nSPS) is 26.2. The largest absolute Gasteiger partial charge is 0.333 e. The summed E-state index contributed by atoms with van der Waals surface area (Å²) in [7, 11) is 2.21. The minimum Gasteiger partial charge on any atom is -0.333 e. The second kappa shape index (κ2) is 7.18. The molecule has 2 aliphatic heterocycles. The van der Waals surface area contributed by atoms with E-state index >= 15 is 0 Å². The Balaban J connectivity index is 1.74. The minimum absolute atomic E-state index is 0.0962. The van der Waals surface area contributed by atoms with Gasteiger partial charge in [-0.15, -0.1) is 0 Å². The Hall–Kier alpha value is -0.810. The minimum atomic E-state index is -0.150. The van der Waals surface area contributed by atoms with Crippen molar-refractivity contribution in [2.45, 2.75) is 52.1 Å². The number of likely N-dealkylation sites (tertiary alicyclic amines) is 1. The van der Waals surface area contributed by atoms with Crippen LogP contribution in [-0.4, -0.2) is 78.6 Å². The molecule has 0 unspecified atom stereocenters. The van der Waals surface area contributed by atoms with Crippen LogP contribution < -0.4 is 5.32 Å². The third kappa shape index (κ3) is 5.13. The molecular formula is C17H34N4O. The number of likely N-dealkylation sites (N-methyl/N-ethyl adjacent to an activating group) is 1. The first-order chi connectivity index (χ1) is 10.2. The number of amides is 2. The summed E-state index contributed by atoms with van der Waals surface area (Å²) in [6.45, 7) is 15.0. The van der Waals surface area contributed by atoms with Gasteiger partial charge in [0.15, 0.2) is 0 Å². The molecule has 0 aromatic heterocycles. The fraction of sp³-hybridized carbons (Fsp3) is 0.941. The number of urea groups is 1. The van der Waals surface area contributed by atoms with Gasteiger partial charge < -0.3 is 15.1 Å². The molecule has 0 aromatic rings. The molecule has 5 nitrogen and oxygen atoms in total. The van der Waals surface area contributed by atoms with Gasteiger partial charge in [-0.25, -0.2) is 4.79 Å². The standard InChI is InChI=1S/C17H34N4O/c1-14-12-19(5)10-11-21(14)13-15-6-8-20(9-7-15)16(22)18-17(2,3)4/h14-15H,6-13H2,1-5H3,(H,18,22)/t14-/m1/s1. The number of nitrogens with one attached hydrogen (secondary N) is 1. The number of hydrogen-bond acceptors (Lipinski definition) is 3. The highest BCUT2D eigenvalue weighted by Gasteiger charge is 2.28. The fourth-order valence-electron chi connectivity index (χ4n) is 3.50. The molecule has 128 valence electrons. The summed E-state index contributed by atoms with van der Waals surface area (Å²) in [5, 5.41) is 3.07. The van der Waals surface area contributed by atoms with Gasteiger partial charge >= 0.3 is 6.03 Å². The van der Waals surface area contributed by atoms with Crippen molar-refractivity contribution in [3.8, 4) is 0 Å². The number of piperazine rings is 1. The molecular weight excluding hydrogens is 276 g/mol. The van der Waals surface area contributed by atoms with Crippen molar-refractivity contribution in [1.82, 2.24) is 20.0 Å². The summed E-state index contributed by atoms with van der Waals surface area (Å²) in [6, 6.07) is 0.750. The van der Waals surface area contributed by atoms with E-state index in [2.05, 4.69) is 29.1 Å². The molecule has 0 aliphatic carbocycles. The van der Waals surface area contributed by atoms with E-state index in [0.29, 0.717) is 6.04 Å². The van der Waals surface area contributed by atoms with Crippen LogP contribution in [0.1, 0.15) is 40.5 Å². The van der Waals surface area contributed by atoms with Gasteiger partial charge in [0.2, 0.25) is 0 Å². The van der Waals surface area contributed by atoms with Crippen molar-refractivity contribution in [1.29, 1.82) is 0 Å². The van der Waals surface area contributed by atoms with E-state index in [0.717, 1.165) is 31.8 Å². The summed E-state index contributed by atoms with van der Waals surface area (Å²) in [5.41, 5.74) is -0.150. The summed E-state index contributed by atoms with van der Waals surface area (Å²) < 4.78 is 0. The summed E-state index contributed by atoms with van der Waals surface area (Å²) in [5.74, 6) is 0.740. The van der Waals surface area contributed by atoms with Gasteiger partial charge in [-0.1, -0.05) is 0 Å². The van der Waals surface area contributed by atoms with E-state index in [1.165, 1.54) is 26.2 Å². The van der Waals surface area contributed by atoms with Crippen LogP contribution in [0.3, 0.4) is 0 Å².